The summed E-state index contributed by atoms with van der Waals surface area (Å²) in [6.45, 7) is 2.25. The molecule has 0 spiro atoms. The highest BCUT2D eigenvalue weighted by Gasteiger charge is 2.15. The summed E-state index contributed by atoms with van der Waals surface area (Å²) in [5, 5.41) is 15.2. The maximum atomic E-state index is 12.7. The highest BCUT2D eigenvalue weighted by Crippen LogP contribution is 2.35. The van der Waals surface area contributed by atoms with E-state index in [0.29, 0.717) is 34.4 Å². The fourth-order valence-corrected chi connectivity index (χ4v) is 4.59. The number of amides is 1. The van der Waals surface area contributed by atoms with Crippen molar-refractivity contribution in [3.8, 4) is 17.6 Å². The Kier molecular flexibility index (Phi) is 8.14. The van der Waals surface area contributed by atoms with Gasteiger partial charge in [-0.05, 0) is 93.4 Å². The molecule has 0 bridgehead atoms. The van der Waals surface area contributed by atoms with Crippen LogP contribution in [0, 0.1) is 21.8 Å². The van der Waals surface area contributed by atoms with Crippen LogP contribution < -0.4 is 14.8 Å². The average molecular weight is 609 g/mol. The first-order valence-corrected chi connectivity index (χ1v) is 12.5. The molecule has 0 atom stereocenters. The van der Waals surface area contributed by atoms with Crippen LogP contribution in [0.15, 0.2) is 78.4 Å². The van der Waals surface area contributed by atoms with Crippen molar-refractivity contribution < 1.29 is 14.3 Å². The van der Waals surface area contributed by atoms with Gasteiger partial charge in [-0.1, -0.05) is 54.1 Å². The van der Waals surface area contributed by atoms with E-state index in [0.717, 1.165) is 20.1 Å². The lowest BCUT2D eigenvalue weighted by molar-refractivity contribution is -0.112. The van der Waals surface area contributed by atoms with Gasteiger partial charge >= 0.3 is 0 Å². The number of carbonyl (C=O) groups is 1. The molecule has 0 aliphatic rings. The van der Waals surface area contributed by atoms with Crippen molar-refractivity contribution in [1.82, 2.24) is 0 Å². The third kappa shape index (κ3) is 5.99. The van der Waals surface area contributed by atoms with Gasteiger partial charge in [-0.2, -0.15) is 5.26 Å². The van der Waals surface area contributed by atoms with Crippen LogP contribution in [0.4, 0.5) is 5.69 Å². The van der Waals surface area contributed by atoms with E-state index in [4.69, 9.17) is 21.1 Å². The predicted molar refractivity (Wildman–Crippen MR) is 152 cm³/mol. The van der Waals surface area contributed by atoms with Gasteiger partial charge in [0.15, 0.2) is 11.5 Å². The molecule has 1 N–H and O–H groups in total. The van der Waals surface area contributed by atoms with Crippen molar-refractivity contribution in [3.63, 3.8) is 0 Å². The monoisotopic (exact) mass is 608 g/mol. The van der Waals surface area contributed by atoms with Crippen LogP contribution >= 0.6 is 34.2 Å². The SMILES string of the molecule is COc1cc(/C=C(/C#N)C(=O)Nc2ccc(C)c(Cl)c2)cc(I)c1OCc1ccc2ccccc2c1. The lowest BCUT2D eigenvalue weighted by atomic mass is 10.1. The Morgan fingerprint density at radius 3 is 2.58 bits per heavy atom. The van der Waals surface area contributed by atoms with Crippen molar-refractivity contribution in [3.05, 3.63) is 104 Å². The maximum Gasteiger partial charge on any atom is 0.266 e. The molecule has 0 aliphatic carbocycles. The molecule has 4 aromatic carbocycles. The summed E-state index contributed by atoms with van der Waals surface area (Å²) < 4.78 is 12.5. The number of hydrogen-bond donors (Lipinski definition) is 1. The zero-order chi connectivity index (χ0) is 25.7. The quantitative estimate of drug-likeness (QED) is 0.134. The van der Waals surface area contributed by atoms with Crippen LogP contribution in [0.5, 0.6) is 11.5 Å². The lowest BCUT2D eigenvalue weighted by Gasteiger charge is -2.14. The number of nitriles is 1. The molecule has 7 heteroatoms. The molecule has 36 heavy (non-hydrogen) atoms. The molecule has 4 aromatic rings. The molecule has 0 saturated carbocycles. The molecule has 0 unspecified atom stereocenters. The van der Waals surface area contributed by atoms with Gasteiger partial charge in [0.1, 0.15) is 18.2 Å². The minimum atomic E-state index is -0.525. The van der Waals surface area contributed by atoms with Crippen LogP contribution in [0.2, 0.25) is 5.02 Å². The molecule has 0 fully saturated rings. The second kappa shape index (κ2) is 11.5. The van der Waals surface area contributed by atoms with E-state index in [1.54, 1.807) is 31.4 Å². The first kappa shape index (κ1) is 25.5. The molecule has 5 nitrogen and oxygen atoms in total. The number of nitrogens with zero attached hydrogens (tertiary/aromatic N) is 1. The normalized spacial score (nSPS) is 11.1. The van der Waals surface area contributed by atoms with Crippen LogP contribution in [-0.4, -0.2) is 13.0 Å². The van der Waals surface area contributed by atoms with Gasteiger partial charge in [0.25, 0.3) is 5.91 Å². The van der Waals surface area contributed by atoms with Crippen LogP contribution in [-0.2, 0) is 11.4 Å². The second-order valence-corrected chi connectivity index (χ2v) is 9.66. The Morgan fingerprint density at radius 2 is 1.86 bits per heavy atom. The second-order valence-electron chi connectivity index (χ2n) is 8.09. The molecule has 0 radical (unpaired) electrons. The molecule has 4 rings (SSSR count). The minimum Gasteiger partial charge on any atom is -0.493 e. The number of anilines is 1. The van der Waals surface area contributed by atoms with Crippen LogP contribution in [0.25, 0.3) is 16.8 Å². The summed E-state index contributed by atoms with van der Waals surface area (Å²) in [6, 6.07) is 25.1. The molecule has 0 saturated heterocycles. The number of rotatable bonds is 7. The van der Waals surface area contributed by atoms with Gasteiger partial charge in [0, 0.05) is 10.7 Å². The van der Waals surface area contributed by atoms with Crippen molar-refractivity contribution in [2.75, 3.05) is 12.4 Å². The van der Waals surface area contributed by atoms with Gasteiger partial charge in [0.2, 0.25) is 0 Å². The first-order valence-electron chi connectivity index (χ1n) is 11.0. The number of hydrogen-bond acceptors (Lipinski definition) is 4. The van der Waals surface area contributed by atoms with Gasteiger partial charge in [-0.15, -0.1) is 0 Å². The number of aryl methyl sites for hydroxylation is 1. The third-order valence-corrected chi connectivity index (χ3v) is 6.76. The van der Waals surface area contributed by atoms with Gasteiger partial charge in [0.05, 0.1) is 10.7 Å². The maximum absolute atomic E-state index is 12.7. The van der Waals surface area contributed by atoms with Gasteiger partial charge in [-0.3, -0.25) is 4.79 Å². The van der Waals surface area contributed by atoms with Crippen molar-refractivity contribution in [1.29, 1.82) is 5.26 Å². The van der Waals surface area contributed by atoms with E-state index in [-0.39, 0.29) is 5.57 Å². The first-order chi connectivity index (χ1) is 17.4. The summed E-state index contributed by atoms with van der Waals surface area (Å²) in [6.07, 6.45) is 1.52. The largest absolute Gasteiger partial charge is 0.493 e. The van der Waals surface area contributed by atoms with Crippen LogP contribution in [0.3, 0.4) is 0 Å². The fraction of sp³-hybridized carbons (Fsp3) is 0.103. The summed E-state index contributed by atoms with van der Waals surface area (Å²) in [7, 11) is 1.56. The molecule has 0 heterocycles. The molecular weight excluding hydrogens is 587 g/mol. The van der Waals surface area contributed by atoms with E-state index < -0.39 is 5.91 Å². The average Bonchev–Trinajstić information content (AvgIpc) is 2.88. The molecule has 1 amide bonds. The summed E-state index contributed by atoms with van der Waals surface area (Å²) >= 11 is 8.30. The summed E-state index contributed by atoms with van der Waals surface area (Å²) in [5.41, 5.74) is 3.05. The Hall–Kier alpha value is -3.54. The van der Waals surface area contributed by atoms with Crippen LogP contribution in [0.1, 0.15) is 16.7 Å². The van der Waals surface area contributed by atoms with E-state index in [9.17, 15) is 10.1 Å². The number of methoxy groups -OCH3 is 1. The number of benzene rings is 4. The number of fused-ring (bicyclic) bond motifs is 1. The lowest BCUT2D eigenvalue weighted by Crippen LogP contribution is -2.13. The minimum absolute atomic E-state index is 0.0469. The van der Waals surface area contributed by atoms with Gasteiger partial charge in [-0.25, -0.2) is 0 Å². The summed E-state index contributed by atoms with van der Waals surface area (Å²) in [4.78, 5) is 12.7. The summed E-state index contributed by atoms with van der Waals surface area (Å²) in [5.74, 6) is 0.584. The van der Waals surface area contributed by atoms with Crippen molar-refractivity contribution in [2.24, 2.45) is 0 Å². The zero-order valence-corrected chi connectivity index (χ0v) is 22.6. The Labute approximate surface area is 228 Å². The van der Waals surface area contributed by atoms with E-state index >= 15 is 0 Å². The highest BCUT2D eigenvalue weighted by molar-refractivity contribution is 14.1. The smallest absolute Gasteiger partial charge is 0.266 e. The molecule has 180 valence electrons. The zero-order valence-electron chi connectivity index (χ0n) is 19.6. The number of nitrogens with one attached hydrogen (secondary N) is 1. The Morgan fingerprint density at radius 1 is 1.08 bits per heavy atom. The topological polar surface area (TPSA) is 71.3 Å². The predicted octanol–water partition coefficient (Wildman–Crippen LogP) is 7.54. The van der Waals surface area contributed by atoms with E-state index in [2.05, 4.69) is 52.2 Å². The molecule has 0 aliphatic heterocycles. The standard InChI is InChI=1S/C29H22ClIN2O3/c1-18-7-10-24(15-25(18)30)33-29(34)23(16-32)12-20-13-26(31)28(27(14-20)35-2)36-17-19-8-9-21-5-3-4-6-22(21)11-19/h3-15H,17H2,1-2H3,(H,33,34)/b23-12-. The Balaban J connectivity index is 1.54. The van der Waals surface area contributed by atoms with Crippen molar-refractivity contribution in [2.45, 2.75) is 13.5 Å². The fourth-order valence-electron chi connectivity index (χ4n) is 3.63. The highest BCUT2D eigenvalue weighted by atomic mass is 127. The van der Waals surface area contributed by atoms with E-state index in [1.165, 1.54) is 11.5 Å². The molecule has 0 aromatic heterocycles. The number of carbonyl (C=O) groups excluding carboxylic acids is 1. The molecular formula is C29H22ClIN2O3. The van der Waals surface area contributed by atoms with Crippen molar-refractivity contribution >= 4 is 62.6 Å². The van der Waals surface area contributed by atoms with E-state index in [1.807, 2.05) is 37.3 Å². The number of halogens is 2. The third-order valence-electron chi connectivity index (χ3n) is 5.55. The Bertz CT molecular complexity index is 1530. The van der Waals surface area contributed by atoms with Gasteiger partial charge < -0.3 is 14.8 Å². The number of ether oxygens (including phenoxy) is 2.